The third-order valence-electron chi connectivity index (χ3n) is 5.99. The molecule has 0 saturated carbocycles. The monoisotopic (exact) mass is 454 g/mol. The molecule has 6 nitrogen and oxygen atoms in total. The maximum Gasteiger partial charge on any atom is 0.290 e. The van der Waals surface area contributed by atoms with Crippen LogP contribution in [0.15, 0.2) is 51.7 Å². The molecule has 1 aliphatic heterocycles. The molecule has 7 heteroatoms. The predicted octanol–water partition coefficient (Wildman–Crippen LogP) is 4.73. The largest absolute Gasteiger partial charge is 0.494 e. The second kappa shape index (κ2) is 9.35. The number of nitrogens with zero attached hydrogens (tertiary/aromatic N) is 2. The Morgan fingerprint density at radius 3 is 2.44 bits per heavy atom. The molecule has 2 heterocycles. The zero-order valence-corrected chi connectivity index (χ0v) is 19.3. The Balaban J connectivity index is 1.84. The first-order chi connectivity index (χ1) is 15.5. The van der Waals surface area contributed by atoms with Crippen molar-refractivity contribution < 1.29 is 13.9 Å². The molecule has 1 aromatic heterocycles. The number of benzene rings is 2. The second-order valence-corrected chi connectivity index (χ2v) is 8.18. The zero-order chi connectivity index (χ0) is 22.8. The molecule has 168 valence electrons. The summed E-state index contributed by atoms with van der Waals surface area (Å²) in [7, 11) is 0. The van der Waals surface area contributed by atoms with E-state index in [1.807, 2.05) is 31.2 Å². The summed E-state index contributed by atoms with van der Waals surface area (Å²) >= 11 is 6.14. The molecule has 4 rings (SSSR count). The van der Waals surface area contributed by atoms with Crippen LogP contribution in [0.1, 0.15) is 48.5 Å². The molecule has 0 radical (unpaired) electrons. The standard InChI is InChI=1S/C25H27ClN2O4/c1-4-27(5-2)13-14-28-22(16-7-10-18(11-8-16)31-6-3)21-23(29)19-15-17(26)9-12-20(19)32-24(21)25(28)30/h7-12,15,22H,4-6,13-14H2,1-3H3. The maximum absolute atomic E-state index is 13.5. The predicted molar refractivity (Wildman–Crippen MR) is 126 cm³/mol. The molecule has 0 saturated heterocycles. The van der Waals surface area contributed by atoms with Gasteiger partial charge in [-0.1, -0.05) is 37.6 Å². The second-order valence-electron chi connectivity index (χ2n) is 7.74. The minimum absolute atomic E-state index is 0.114. The number of carbonyl (C=O) groups is 1. The molecule has 1 atom stereocenters. The van der Waals surface area contributed by atoms with Gasteiger partial charge >= 0.3 is 0 Å². The van der Waals surface area contributed by atoms with Gasteiger partial charge in [0.1, 0.15) is 11.3 Å². The van der Waals surface area contributed by atoms with Crippen molar-refractivity contribution in [3.05, 3.63) is 74.6 Å². The van der Waals surface area contributed by atoms with Crippen LogP contribution in [0, 0.1) is 0 Å². The van der Waals surface area contributed by atoms with Crippen molar-refractivity contribution in [2.24, 2.45) is 0 Å². The summed E-state index contributed by atoms with van der Waals surface area (Å²) < 4.78 is 11.5. The number of rotatable bonds is 8. The molecule has 2 aromatic carbocycles. The summed E-state index contributed by atoms with van der Waals surface area (Å²) in [6, 6.07) is 11.9. The molecule has 32 heavy (non-hydrogen) atoms. The topological polar surface area (TPSA) is 63.0 Å². The van der Waals surface area contributed by atoms with Gasteiger partial charge in [-0.3, -0.25) is 9.59 Å². The Bertz CT molecular complexity index is 1190. The average molecular weight is 455 g/mol. The van der Waals surface area contributed by atoms with E-state index < -0.39 is 6.04 Å². The number of ether oxygens (including phenoxy) is 1. The Kier molecular flexibility index (Phi) is 6.53. The number of halogens is 1. The van der Waals surface area contributed by atoms with Gasteiger partial charge in [0.25, 0.3) is 5.91 Å². The van der Waals surface area contributed by atoms with Gasteiger partial charge in [-0.15, -0.1) is 0 Å². The van der Waals surface area contributed by atoms with E-state index in [0.29, 0.717) is 41.3 Å². The van der Waals surface area contributed by atoms with Gasteiger partial charge in [0.2, 0.25) is 5.76 Å². The van der Waals surface area contributed by atoms with Crippen LogP contribution in [-0.4, -0.2) is 48.5 Å². The maximum atomic E-state index is 13.5. The Morgan fingerprint density at radius 2 is 1.78 bits per heavy atom. The van der Waals surface area contributed by atoms with E-state index in [4.69, 9.17) is 20.8 Å². The van der Waals surface area contributed by atoms with Crippen molar-refractivity contribution >= 4 is 28.5 Å². The highest BCUT2D eigenvalue weighted by Crippen LogP contribution is 2.38. The minimum atomic E-state index is -0.525. The normalized spacial score (nSPS) is 15.6. The lowest BCUT2D eigenvalue weighted by Crippen LogP contribution is -2.37. The smallest absolute Gasteiger partial charge is 0.290 e. The van der Waals surface area contributed by atoms with Gasteiger partial charge in [0.05, 0.1) is 23.6 Å². The summed E-state index contributed by atoms with van der Waals surface area (Å²) in [5.41, 5.74) is 1.35. The highest BCUT2D eigenvalue weighted by atomic mass is 35.5. The van der Waals surface area contributed by atoms with Gasteiger partial charge in [-0.2, -0.15) is 0 Å². The number of fused-ring (bicyclic) bond motifs is 2. The molecule has 1 aliphatic rings. The van der Waals surface area contributed by atoms with Gasteiger partial charge in [-0.25, -0.2) is 0 Å². The van der Waals surface area contributed by atoms with Crippen molar-refractivity contribution in [3.63, 3.8) is 0 Å². The van der Waals surface area contributed by atoms with E-state index in [1.54, 1.807) is 23.1 Å². The van der Waals surface area contributed by atoms with Crippen LogP contribution >= 0.6 is 11.6 Å². The van der Waals surface area contributed by atoms with E-state index in [9.17, 15) is 9.59 Å². The summed E-state index contributed by atoms with van der Waals surface area (Å²) in [5.74, 6) is 0.594. The van der Waals surface area contributed by atoms with Crippen LogP contribution in [0.25, 0.3) is 11.0 Å². The molecular weight excluding hydrogens is 428 g/mol. The van der Waals surface area contributed by atoms with Crippen molar-refractivity contribution in [1.29, 1.82) is 0 Å². The van der Waals surface area contributed by atoms with Gasteiger partial charge in [-0.05, 0) is 55.9 Å². The number of likely N-dealkylation sites (N-methyl/N-ethyl adjacent to an activating group) is 1. The van der Waals surface area contributed by atoms with Crippen LogP contribution in [-0.2, 0) is 0 Å². The van der Waals surface area contributed by atoms with Gasteiger partial charge in [0, 0.05) is 18.1 Å². The molecule has 1 unspecified atom stereocenters. The number of hydrogen-bond donors (Lipinski definition) is 0. The molecule has 3 aromatic rings. The Morgan fingerprint density at radius 1 is 1.06 bits per heavy atom. The first-order valence-electron chi connectivity index (χ1n) is 11.0. The summed E-state index contributed by atoms with van der Waals surface area (Å²) in [6.45, 7) is 9.65. The number of carbonyl (C=O) groups excluding carboxylic acids is 1. The van der Waals surface area contributed by atoms with Crippen LogP contribution in [0.3, 0.4) is 0 Å². The summed E-state index contributed by atoms with van der Waals surface area (Å²) in [5, 5.41) is 0.829. The quantitative estimate of drug-likeness (QED) is 0.492. The fraction of sp³-hybridized carbons (Fsp3) is 0.360. The lowest BCUT2D eigenvalue weighted by Gasteiger charge is -2.28. The lowest BCUT2D eigenvalue weighted by molar-refractivity contribution is 0.0708. The molecular formula is C25H27ClN2O4. The van der Waals surface area contributed by atoms with Crippen LogP contribution < -0.4 is 10.2 Å². The van der Waals surface area contributed by atoms with Crippen molar-refractivity contribution in [2.75, 3.05) is 32.8 Å². The van der Waals surface area contributed by atoms with E-state index in [-0.39, 0.29) is 17.1 Å². The van der Waals surface area contributed by atoms with Gasteiger partial charge in [0.15, 0.2) is 5.43 Å². The average Bonchev–Trinajstić information content (AvgIpc) is 3.08. The van der Waals surface area contributed by atoms with E-state index in [2.05, 4.69) is 18.7 Å². The van der Waals surface area contributed by atoms with Gasteiger partial charge < -0.3 is 19.0 Å². The first kappa shape index (κ1) is 22.4. The molecule has 0 bridgehead atoms. The minimum Gasteiger partial charge on any atom is -0.494 e. The fourth-order valence-electron chi connectivity index (χ4n) is 4.27. The Labute approximate surface area is 192 Å². The fourth-order valence-corrected chi connectivity index (χ4v) is 4.44. The Hall–Kier alpha value is -2.83. The third-order valence-corrected chi connectivity index (χ3v) is 6.22. The van der Waals surface area contributed by atoms with Crippen LogP contribution in [0.2, 0.25) is 5.02 Å². The van der Waals surface area contributed by atoms with Crippen molar-refractivity contribution in [2.45, 2.75) is 26.8 Å². The van der Waals surface area contributed by atoms with E-state index >= 15 is 0 Å². The SMILES string of the molecule is CCOc1ccc(C2c3c(oc4ccc(Cl)cc4c3=O)C(=O)N2CCN(CC)CC)cc1. The zero-order valence-electron chi connectivity index (χ0n) is 18.6. The van der Waals surface area contributed by atoms with Crippen molar-refractivity contribution in [1.82, 2.24) is 9.80 Å². The van der Waals surface area contributed by atoms with Crippen molar-refractivity contribution in [3.8, 4) is 5.75 Å². The summed E-state index contributed by atoms with van der Waals surface area (Å²) in [6.07, 6.45) is 0. The molecule has 1 amide bonds. The van der Waals surface area contributed by atoms with Crippen LogP contribution in [0.4, 0.5) is 0 Å². The lowest BCUT2D eigenvalue weighted by atomic mass is 9.98. The van der Waals surface area contributed by atoms with Crippen LogP contribution in [0.5, 0.6) is 5.75 Å². The molecule has 0 fully saturated rings. The highest BCUT2D eigenvalue weighted by Gasteiger charge is 2.42. The van der Waals surface area contributed by atoms with E-state index in [0.717, 1.165) is 24.4 Å². The molecule has 0 aliphatic carbocycles. The molecule has 0 spiro atoms. The first-order valence-corrected chi connectivity index (χ1v) is 11.4. The number of amides is 1. The highest BCUT2D eigenvalue weighted by molar-refractivity contribution is 6.31. The van der Waals surface area contributed by atoms with E-state index in [1.165, 1.54) is 0 Å². The molecule has 0 N–H and O–H groups in total. The summed E-state index contributed by atoms with van der Waals surface area (Å²) in [4.78, 5) is 30.9. The third kappa shape index (κ3) is 4.00. The number of hydrogen-bond acceptors (Lipinski definition) is 5.